The monoisotopic (exact) mass is 364 g/mol. The molecule has 2 heterocycles. The molecule has 1 amide bonds. The van der Waals surface area contributed by atoms with Crippen molar-refractivity contribution in [2.75, 3.05) is 32.7 Å². The molecule has 4 rings (SSSR count). The van der Waals surface area contributed by atoms with E-state index in [1.807, 2.05) is 0 Å². The lowest BCUT2D eigenvalue weighted by molar-refractivity contribution is -0.132. The molecule has 2 aromatic rings. The molecule has 2 aliphatic heterocycles. The Balaban J connectivity index is 1.33. The number of hydrogen-bond acceptors (Lipinski definition) is 2. The fourth-order valence-corrected chi connectivity index (χ4v) is 4.69. The molecule has 0 aromatic heterocycles. The number of hydrogen-bond donors (Lipinski definition) is 0. The van der Waals surface area contributed by atoms with E-state index in [1.165, 1.54) is 49.7 Å². The largest absolute Gasteiger partial charge is 0.342 e. The fraction of sp³-hybridized carbons (Fsp3) is 0.542. The molecule has 0 spiro atoms. The summed E-state index contributed by atoms with van der Waals surface area (Å²) in [7, 11) is 0. The molecule has 3 nitrogen and oxygen atoms in total. The highest BCUT2D eigenvalue weighted by molar-refractivity contribution is 5.85. The Labute approximate surface area is 163 Å². The number of piperidine rings is 2. The Kier molecular flexibility index (Phi) is 5.77. The maximum absolute atomic E-state index is 12.9. The Morgan fingerprint density at radius 1 is 1.00 bits per heavy atom. The number of carbonyl (C=O) groups excluding carboxylic acids is 1. The number of fused-ring (bicyclic) bond motifs is 1. The lowest BCUT2D eigenvalue weighted by Gasteiger charge is -2.38. The first-order valence-corrected chi connectivity index (χ1v) is 10.6. The van der Waals surface area contributed by atoms with Crippen LogP contribution in [0.3, 0.4) is 0 Å². The Bertz CT molecular complexity index is 779. The van der Waals surface area contributed by atoms with Crippen molar-refractivity contribution in [1.82, 2.24) is 9.80 Å². The van der Waals surface area contributed by atoms with Gasteiger partial charge in [-0.05, 0) is 66.9 Å². The zero-order valence-electron chi connectivity index (χ0n) is 16.6. The second-order valence-electron chi connectivity index (χ2n) is 8.69. The molecular formula is C24H32N2O. The van der Waals surface area contributed by atoms with E-state index in [0.29, 0.717) is 18.2 Å². The van der Waals surface area contributed by atoms with E-state index in [9.17, 15) is 4.79 Å². The molecule has 0 saturated carbocycles. The topological polar surface area (TPSA) is 23.6 Å². The van der Waals surface area contributed by atoms with Gasteiger partial charge >= 0.3 is 0 Å². The zero-order valence-corrected chi connectivity index (χ0v) is 16.6. The van der Waals surface area contributed by atoms with E-state index >= 15 is 0 Å². The highest BCUT2D eigenvalue weighted by atomic mass is 16.2. The van der Waals surface area contributed by atoms with Gasteiger partial charge in [0.15, 0.2) is 0 Å². The first-order valence-electron chi connectivity index (χ1n) is 10.6. The predicted molar refractivity (Wildman–Crippen MR) is 112 cm³/mol. The highest BCUT2D eigenvalue weighted by Gasteiger charge is 2.26. The number of rotatable bonds is 4. The van der Waals surface area contributed by atoms with Crippen LogP contribution in [0.15, 0.2) is 42.5 Å². The third-order valence-corrected chi connectivity index (χ3v) is 6.43. The standard InChI is InChI=1S/C24H32N2O/c1-19-10-13-25(14-11-19)17-21-5-4-12-26(18-21)24(27)16-20-8-9-22-6-2-3-7-23(22)15-20/h2-3,6-9,15,19,21H,4-5,10-14,16-18H2,1H3. The van der Waals surface area contributed by atoms with Gasteiger partial charge < -0.3 is 9.80 Å². The van der Waals surface area contributed by atoms with Crippen LogP contribution in [0, 0.1) is 11.8 Å². The molecule has 1 atom stereocenters. The van der Waals surface area contributed by atoms with Crippen molar-refractivity contribution in [3.8, 4) is 0 Å². The lowest BCUT2D eigenvalue weighted by atomic mass is 9.94. The van der Waals surface area contributed by atoms with E-state index in [1.54, 1.807) is 0 Å². The van der Waals surface area contributed by atoms with Gasteiger partial charge in [0, 0.05) is 19.6 Å². The number of amides is 1. The average molecular weight is 365 g/mol. The summed E-state index contributed by atoms with van der Waals surface area (Å²) in [5, 5.41) is 2.46. The van der Waals surface area contributed by atoms with Crippen LogP contribution in [-0.2, 0) is 11.2 Å². The highest BCUT2D eigenvalue weighted by Crippen LogP contribution is 2.23. The van der Waals surface area contributed by atoms with E-state index in [2.05, 4.69) is 59.2 Å². The summed E-state index contributed by atoms with van der Waals surface area (Å²) in [6.45, 7) is 7.89. The summed E-state index contributed by atoms with van der Waals surface area (Å²) in [6, 6.07) is 14.8. The van der Waals surface area contributed by atoms with Crippen LogP contribution in [-0.4, -0.2) is 48.4 Å². The second kappa shape index (κ2) is 8.43. The van der Waals surface area contributed by atoms with Gasteiger partial charge in [0.2, 0.25) is 5.91 Å². The summed E-state index contributed by atoms with van der Waals surface area (Å²) in [6.07, 6.45) is 5.61. The minimum atomic E-state index is 0.294. The molecule has 2 fully saturated rings. The fourth-order valence-electron chi connectivity index (χ4n) is 4.69. The van der Waals surface area contributed by atoms with Gasteiger partial charge in [0.1, 0.15) is 0 Å². The van der Waals surface area contributed by atoms with Gasteiger partial charge in [0.25, 0.3) is 0 Å². The van der Waals surface area contributed by atoms with E-state index < -0.39 is 0 Å². The summed E-state index contributed by atoms with van der Waals surface area (Å²) >= 11 is 0. The molecular weight excluding hydrogens is 332 g/mol. The summed E-state index contributed by atoms with van der Waals surface area (Å²) in [5.74, 6) is 1.82. The van der Waals surface area contributed by atoms with E-state index in [-0.39, 0.29) is 0 Å². The number of benzene rings is 2. The molecule has 0 radical (unpaired) electrons. The zero-order chi connectivity index (χ0) is 18.6. The SMILES string of the molecule is CC1CCN(CC2CCCN(C(=O)Cc3ccc4ccccc4c3)C2)CC1. The molecule has 1 unspecified atom stereocenters. The first-order chi connectivity index (χ1) is 13.2. The number of likely N-dealkylation sites (tertiary alicyclic amines) is 2. The molecule has 0 aliphatic carbocycles. The van der Waals surface area contributed by atoms with Crippen molar-refractivity contribution in [3.05, 3.63) is 48.0 Å². The number of carbonyl (C=O) groups is 1. The van der Waals surface area contributed by atoms with Gasteiger partial charge in [0.05, 0.1) is 6.42 Å². The second-order valence-corrected chi connectivity index (χ2v) is 8.69. The number of nitrogens with zero attached hydrogens (tertiary/aromatic N) is 2. The molecule has 0 bridgehead atoms. The molecule has 144 valence electrons. The van der Waals surface area contributed by atoms with Gasteiger partial charge in [-0.2, -0.15) is 0 Å². The van der Waals surface area contributed by atoms with Gasteiger partial charge in [-0.3, -0.25) is 4.79 Å². The molecule has 27 heavy (non-hydrogen) atoms. The van der Waals surface area contributed by atoms with Crippen LogP contribution >= 0.6 is 0 Å². The quantitative estimate of drug-likeness (QED) is 0.805. The van der Waals surface area contributed by atoms with Crippen LogP contribution in [0.4, 0.5) is 0 Å². The van der Waals surface area contributed by atoms with Gasteiger partial charge in [-0.1, -0.05) is 49.4 Å². The predicted octanol–water partition coefficient (Wildman–Crippen LogP) is 4.35. The summed E-state index contributed by atoms with van der Waals surface area (Å²) < 4.78 is 0. The molecule has 3 heteroatoms. The Hall–Kier alpha value is -1.87. The molecule has 2 aromatic carbocycles. The van der Waals surface area contributed by atoms with Gasteiger partial charge in [-0.15, -0.1) is 0 Å². The van der Waals surface area contributed by atoms with E-state index in [4.69, 9.17) is 0 Å². The average Bonchev–Trinajstić information content (AvgIpc) is 2.70. The summed E-state index contributed by atoms with van der Waals surface area (Å²) in [4.78, 5) is 17.6. The minimum absolute atomic E-state index is 0.294. The van der Waals surface area contributed by atoms with Crippen LogP contribution in [0.1, 0.15) is 38.2 Å². The molecule has 2 saturated heterocycles. The van der Waals surface area contributed by atoms with Crippen molar-refractivity contribution in [2.24, 2.45) is 11.8 Å². The third kappa shape index (κ3) is 4.70. The Morgan fingerprint density at radius 2 is 1.78 bits per heavy atom. The normalized spacial score (nSPS) is 22.3. The van der Waals surface area contributed by atoms with Crippen LogP contribution in [0.25, 0.3) is 10.8 Å². The van der Waals surface area contributed by atoms with E-state index in [0.717, 1.165) is 31.0 Å². The van der Waals surface area contributed by atoms with Crippen molar-refractivity contribution in [3.63, 3.8) is 0 Å². The Morgan fingerprint density at radius 3 is 2.59 bits per heavy atom. The van der Waals surface area contributed by atoms with Crippen LogP contribution in [0.2, 0.25) is 0 Å². The van der Waals surface area contributed by atoms with Crippen molar-refractivity contribution >= 4 is 16.7 Å². The van der Waals surface area contributed by atoms with Crippen molar-refractivity contribution in [1.29, 1.82) is 0 Å². The van der Waals surface area contributed by atoms with Crippen LogP contribution < -0.4 is 0 Å². The summed E-state index contributed by atoms with van der Waals surface area (Å²) in [5.41, 5.74) is 1.13. The molecule has 2 aliphatic rings. The maximum atomic E-state index is 12.9. The minimum Gasteiger partial charge on any atom is -0.342 e. The van der Waals surface area contributed by atoms with Gasteiger partial charge in [-0.25, -0.2) is 0 Å². The first kappa shape index (κ1) is 18.5. The third-order valence-electron chi connectivity index (χ3n) is 6.43. The lowest BCUT2D eigenvalue weighted by Crippen LogP contribution is -2.45. The maximum Gasteiger partial charge on any atom is 0.226 e. The van der Waals surface area contributed by atoms with Crippen molar-refractivity contribution in [2.45, 2.75) is 39.0 Å². The molecule has 0 N–H and O–H groups in total. The van der Waals surface area contributed by atoms with Crippen LogP contribution in [0.5, 0.6) is 0 Å². The smallest absolute Gasteiger partial charge is 0.226 e. The van der Waals surface area contributed by atoms with Crippen molar-refractivity contribution < 1.29 is 4.79 Å².